The van der Waals surface area contributed by atoms with E-state index >= 15 is 0 Å². The minimum Gasteiger partial charge on any atom is -0.249 e. The topological polar surface area (TPSA) is 58.9 Å². The van der Waals surface area contributed by atoms with Crippen molar-refractivity contribution in [3.05, 3.63) is 0 Å². The van der Waals surface area contributed by atoms with Gasteiger partial charge in [0.1, 0.15) is 0 Å². The summed E-state index contributed by atoms with van der Waals surface area (Å²) >= 11 is 0. The van der Waals surface area contributed by atoms with Gasteiger partial charge in [-0.25, -0.2) is 20.3 Å². The number of hydrogen-bond donors (Lipinski definition) is 2. The average Bonchev–Trinajstić information content (AvgIpc) is 2.04. The fraction of sp³-hybridized carbons (Fsp3) is 1.00. The van der Waals surface area contributed by atoms with Crippen molar-refractivity contribution in [1.82, 2.24) is 0 Å². The van der Waals surface area contributed by atoms with Gasteiger partial charge in [0.2, 0.25) is 5.79 Å². The van der Waals surface area contributed by atoms with Gasteiger partial charge in [0.05, 0.1) is 0 Å². The van der Waals surface area contributed by atoms with Gasteiger partial charge in [-0.1, -0.05) is 26.7 Å². The molecule has 0 fully saturated rings. The monoisotopic (exact) mass is 164 g/mol. The third-order valence-electron chi connectivity index (χ3n) is 1.59. The zero-order chi connectivity index (χ0) is 8.74. The van der Waals surface area contributed by atoms with E-state index in [0.717, 1.165) is 12.8 Å². The van der Waals surface area contributed by atoms with Crippen LogP contribution in [0.2, 0.25) is 0 Å². The van der Waals surface area contributed by atoms with Crippen LogP contribution in [0.25, 0.3) is 0 Å². The van der Waals surface area contributed by atoms with Gasteiger partial charge in [0.25, 0.3) is 0 Å². The molecule has 0 aromatic heterocycles. The summed E-state index contributed by atoms with van der Waals surface area (Å²) in [5.41, 5.74) is 0. The second kappa shape index (κ2) is 5.49. The van der Waals surface area contributed by atoms with Crippen molar-refractivity contribution in [3.8, 4) is 0 Å². The smallest absolute Gasteiger partial charge is 0.233 e. The van der Waals surface area contributed by atoms with E-state index in [-0.39, 0.29) is 0 Å². The van der Waals surface area contributed by atoms with E-state index in [9.17, 15) is 0 Å². The van der Waals surface area contributed by atoms with Crippen LogP contribution in [0.15, 0.2) is 0 Å². The summed E-state index contributed by atoms with van der Waals surface area (Å²) in [6.45, 7) is 3.84. The van der Waals surface area contributed by atoms with Crippen LogP contribution in [0.5, 0.6) is 0 Å². The maximum absolute atomic E-state index is 8.45. The summed E-state index contributed by atoms with van der Waals surface area (Å²) in [5.74, 6) is -1.20. The Kier molecular flexibility index (Phi) is 5.41. The predicted molar refractivity (Wildman–Crippen MR) is 40.0 cm³/mol. The van der Waals surface area contributed by atoms with Crippen LogP contribution in [0.3, 0.4) is 0 Å². The molecule has 0 bridgehead atoms. The molecule has 0 aliphatic heterocycles. The van der Waals surface area contributed by atoms with Crippen LogP contribution in [0, 0.1) is 0 Å². The Morgan fingerprint density at radius 1 is 1.00 bits per heavy atom. The van der Waals surface area contributed by atoms with Gasteiger partial charge in [-0.3, -0.25) is 0 Å². The maximum Gasteiger partial charge on any atom is 0.233 e. The normalized spacial score (nSPS) is 12.0. The Morgan fingerprint density at radius 3 is 1.55 bits per heavy atom. The number of rotatable bonds is 6. The Balaban J connectivity index is 3.96. The van der Waals surface area contributed by atoms with Crippen LogP contribution in [0.1, 0.15) is 39.5 Å². The zero-order valence-electron chi connectivity index (χ0n) is 7.04. The molecule has 11 heavy (non-hydrogen) atoms. The van der Waals surface area contributed by atoms with Crippen molar-refractivity contribution in [3.63, 3.8) is 0 Å². The second-order valence-corrected chi connectivity index (χ2v) is 2.59. The van der Waals surface area contributed by atoms with E-state index in [1.807, 2.05) is 13.8 Å². The van der Waals surface area contributed by atoms with E-state index in [2.05, 4.69) is 9.78 Å². The zero-order valence-corrected chi connectivity index (χ0v) is 7.04. The molecular formula is C7H16O4. The summed E-state index contributed by atoms with van der Waals surface area (Å²) in [6.07, 6.45) is 2.52. The van der Waals surface area contributed by atoms with Crippen molar-refractivity contribution in [2.24, 2.45) is 0 Å². The van der Waals surface area contributed by atoms with Gasteiger partial charge in [-0.15, -0.1) is 0 Å². The van der Waals surface area contributed by atoms with E-state index in [4.69, 9.17) is 10.5 Å². The first kappa shape index (κ1) is 10.8. The summed E-state index contributed by atoms with van der Waals surface area (Å²) in [5, 5.41) is 16.9. The van der Waals surface area contributed by atoms with Gasteiger partial charge >= 0.3 is 0 Å². The minimum atomic E-state index is -1.20. The van der Waals surface area contributed by atoms with E-state index in [1.54, 1.807) is 0 Å². The first-order valence-electron chi connectivity index (χ1n) is 3.89. The molecule has 0 aliphatic rings. The van der Waals surface area contributed by atoms with Gasteiger partial charge in [0.15, 0.2) is 0 Å². The molecule has 0 aromatic rings. The Morgan fingerprint density at radius 2 is 1.36 bits per heavy atom. The molecule has 0 atom stereocenters. The molecule has 0 heterocycles. The van der Waals surface area contributed by atoms with E-state index < -0.39 is 5.79 Å². The highest BCUT2D eigenvalue weighted by Crippen LogP contribution is 2.23. The summed E-state index contributed by atoms with van der Waals surface area (Å²) < 4.78 is 0. The van der Waals surface area contributed by atoms with Crippen molar-refractivity contribution in [2.45, 2.75) is 45.3 Å². The van der Waals surface area contributed by atoms with Gasteiger partial charge in [0, 0.05) is 12.8 Å². The second-order valence-electron chi connectivity index (χ2n) is 2.59. The fourth-order valence-electron chi connectivity index (χ4n) is 1.09. The standard InChI is InChI=1S/C7H16O4/c1-3-5-7(10-8,11-9)6-4-2/h8-9H,3-6H2,1-2H3. The Labute approximate surface area is 66.6 Å². The fourth-order valence-corrected chi connectivity index (χ4v) is 1.09. The Hall–Kier alpha value is -0.160. The molecule has 0 unspecified atom stereocenters. The summed E-state index contributed by atoms with van der Waals surface area (Å²) in [4.78, 5) is 8.19. The van der Waals surface area contributed by atoms with Gasteiger partial charge in [-0.2, -0.15) is 0 Å². The maximum atomic E-state index is 8.45. The highest BCUT2D eigenvalue weighted by atomic mass is 17.2. The molecule has 0 saturated heterocycles. The molecule has 0 rings (SSSR count). The van der Waals surface area contributed by atoms with Crippen molar-refractivity contribution in [1.29, 1.82) is 0 Å². The first-order valence-corrected chi connectivity index (χ1v) is 3.89. The third kappa shape index (κ3) is 3.16. The van der Waals surface area contributed by atoms with Crippen LogP contribution < -0.4 is 0 Å². The molecule has 0 saturated carbocycles. The van der Waals surface area contributed by atoms with Crippen molar-refractivity contribution < 1.29 is 20.3 Å². The van der Waals surface area contributed by atoms with Crippen LogP contribution in [-0.2, 0) is 9.78 Å². The molecule has 0 spiro atoms. The minimum absolute atomic E-state index is 0.480. The molecule has 4 heteroatoms. The SMILES string of the molecule is CCCC(CCC)(OO)OO. The third-order valence-corrected chi connectivity index (χ3v) is 1.59. The average molecular weight is 164 g/mol. The molecule has 4 nitrogen and oxygen atoms in total. The highest BCUT2D eigenvalue weighted by molar-refractivity contribution is 4.64. The summed E-state index contributed by atoms with van der Waals surface area (Å²) in [7, 11) is 0. The number of hydrogen-bond acceptors (Lipinski definition) is 4. The quantitative estimate of drug-likeness (QED) is 0.359. The van der Waals surface area contributed by atoms with E-state index in [1.165, 1.54) is 0 Å². The van der Waals surface area contributed by atoms with Gasteiger partial charge < -0.3 is 0 Å². The first-order chi connectivity index (χ1) is 5.24. The van der Waals surface area contributed by atoms with Crippen molar-refractivity contribution >= 4 is 0 Å². The predicted octanol–water partition coefficient (Wildman–Crippen LogP) is 2.26. The van der Waals surface area contributed by atoms with Crippen LogP contribution in [-0.4, -0.2) is 16.3 Å². The molecule has 0 amide bonds. The van der Waals surface area contributed by atoms with Gasteiger partial charge in [-0.05, 0) is 0 Å². The van der Waals surface area contributed by atoms with Crippen molar-refractivity contribution in [2.75, 3.05) is 0 Å². The molecule has 0 aromatic carbocycles. The van der Waals surface area contributed by atoms with Crippen LogP contribution in [0.4, 0.5) is 0 Å². The lowest BCUT2D eigenvalue weighted by molar-refractivity contribution is -0.489. The molecule has 0 radical (unpaired) electrons. The molecule has 68 valence electrons. The molecular weight excluding hydrogens is 148 g/mol. The summed E-state index contributed by atoms with van der Waals surface area (Å²) in [6, 6.07) is 0. The molecule has 2 N–H and O–H groups in total. The lowest BCUT2D eigenvalue weighted by atomic mass is 10.1. The largest absolute Gasteiger partial charge is 0.249 e. The van der Waals surface area contributed by atoms with E-state index in [0.29, 0.717) is 12.8 Å². The Bertz CT molecular complexity index is 82.4. The van der Waals surface area contributed by atoms with Crippen LogP contribution >= 0.6 is 0 Å². The lowest BCUT2D eigenvalue weighted by Crippen LogP contribution is -2.33. The molecule has 0 aliphatic carbocycles. The highest BCUT2D eigenvalue weighted by Gasteiger charge is 2.31. The lowest BCUT2D eigenvalue weighted by Gasteiger charge is -2.25.